The lowest BCUT2D eigenvalue weighted by atomic mass is 10.2. The van der Waals surface area contributed by atoms with Gasteiger partial charge >= 0.3 is 6.03 Å². The van der Waals surface area contributed by atoms with Crippen molar-refractivity contribution in [2.45, 2.75) is 6.92 Å². The smallest absolute Gasteiger partial charge is 0.308 e. The fraction of sp³-hybridized carbons (Fsp3) is 0.0714. The predicted molar refractivity (Wildman–Crippen MR) is 81.9 cm³/mol. The number of rotatable bonds is 3. The van der Waals surface area contributed by atoms with Gasteiger partial charge in [0.1, 0.15) is 0 Å². The number of nitrogens with zero attached hydrogens (tertiary/aromatic N) is 1. The molecule has 0 aliphatic rings. The minimum Gasteiger partial charge on any atom is -0.308 e. The second kappa shape index (κ2) is 6.23. The number of nitrogens with one attached hydrogen (secondary N) is 2. The molecule has 2 rings (SSSR count). The summed E-state index contributed by atoms with van der Waals surface area (Å²) < 4.78 is 0. The number of anilines is 2. The van der Waals surface area contributed by atoms with Crippen LogP contribution >= 0.6 is 11.6 Å². The van der Waals surface area contributed by atoms with Crippen LogP contribution in [-0.2, 0) is 0 Å². The molecule has 0 radical (unpaired) electrons. The number of hydrogen-bond donors (Lipinski definition) is 2. The largest absolute Gasteiger partial charge is 0.323 e. The van der Waals surface area contributed by atoms with Crippen LogP contribution in [0.3, 0.4) is 0 Å². The molecule has 0 unspecified atom stereocenters. The first-order valence-electron chi connectivity index (χ1n) is 6.04. The van der Waals surface area contributed by atoms with Crippen molar-refractivity contribution >= 4 is 34.7 Å². The number of nitro groups is 1. The molecule has 0 aromatic heterocycles. The average Bonchev–Trinajstić information content (AvgIpc) is 2.41. The first kappa shape index (κ1) is 14.8. The summed E-state index contributed by atoms with van der Waals surface area (Å²) in [6, 6.07) is 10.6. The van der Waals surface area contributed by atoms with Gasteiger partial charge in [-0.15, -0.1) is 0 Å². The first-order chi connectivity index (χ1) is 9.95. The maximum Gasteiger partial charge on any atom is 0.323 e. The van der Waals surface area contributed by atoms with Crippen LogP contribution in [0.1, 0.15) is 5.56 Å². The average molecular weight is 306 g/mol. The normalized spacial score (nSPS) is 10.0. The van der Waals surface area contributed by atoms with Crippen LogP contribution in [0.5, 0.6) is 0 Å². The molecule has 0 heterocycles. The van der Waals surface area contributed by atoms with Crippen LogP contribution in [0.2, 0.25) is 5.02 Å². The Hall–Kier alpha value is -2.60. The molecule has 0 bridgehead atoms. The van der Waals surface area contributed by atoms with Crippen molar-refractivity contribution in [2.75, 3.05) is 10.6 Å². The molecule has 0 aliphatic heterocycles. The Kier molecular flexibility index (Phi) is 4.39. The molecular weight excluding hydrogens is 294 g/mol. The lowest BCUT2D eigenvalue weighted by Crippen LogP contribution is -2.19. The fourth-order valence-electron chi connectivity index (χ4n) is 1.76. The number of nitro benzene ring substituents is 1. The Balaban J connectivity index is 2.04. The quantitative estimate of drug-likeness (QED) is 0.658. The summed E-state index contributed by atoms with van der Waals surface area (Å²) in [4.78, 5) is 22.1. The zero-order chi connectivity index (χ0) is 15.4. The van der Waals surface area contributed by atoms with Gasteiger partial charge in [-0.25, -0.2) is 4.79 Å². The molecule has 0 fully saturated rings. The SMILES string of the molecule is Cc1cc(NC(=O)Nc2ccc(Cl)cc2)ccc1[N+](=O)[O-]. The van der Waals surface area contributed by atoms with E-state index >= 15 is 0 Å². The van der Waals surface area contributed by atoms with Crippen molar-refractivity contribution in [3.05, 3.63) is 63.2 Å². The highest BCUT2D eigenvalue weighted by molar-refractivity contribution is 6.30. The second-order valence-electron chi connectivity index (χ2n) is 4.34. The number of benzene rings is 2. The Morgan fingerprint density at radius 2 is 1.67 bits per heavy atom. The van der Waals surface area contributed by atoms with Gasteiger partial charge in [-0.05, 0) is 43.3 Å². The van der Waals surface area contributed by atoms with E-state index in [0.29, 0.717) is 22.0 Å². The zero-order valence-electron chi connectivity index (χ0n) is 11.1. The number of urea groups is 1. The first-order valence-corrected chi connectivity index (χ1v) is 6.42. The van der Waals surface area contributed by atoms with Crippen molar-refractivity contribution in [1.29, 1.82) is 0 Å². The summed E-state index contributed by atoms with van der Waals surface area (Å²) in [6.07, 6.45) is 0. The van der Waals surface area contributed by atoms with E-state index in [0.717, 1.165) is 0 Å². The summed E-state index contributed by atoms with van der Waals surface area (Å²) in [5.74, 6) is 0. The van der Waals surface area contributed by atoms with Gasteiger partial charge in [-0.1, -0.05) is 11.6 Å². The second-order valence-corrected chi connectivity index (χ2v) is 4.78. The summed E-state index contributed by atoms with van der Waals surface area (Å²) in [6.45, 7) is 1.61. The molecule has 0 saturated carbocycles. The highest BCUT2D eigenvalue weighted by Gasteiger charge is 2.11. The number of hydrogen-bond acceptors (Lipinski definition) is 3. The molecule has 108 valence electrons. The van der Waals surface area contributed by atoms with Crippen LogP contribution < -0.4 is 10.6 Å². The van der Waals surface area contributed by atoms with E-state index in [2.05, 4.69) is 10.6 Å². The van der Waals surface area contributed by atoms with Crippen molar-refractivity contribution in [3.8, 4) is 0 Å². The van der Waals surface area contributed by atoms with Crippen LogP contribution in [0.4, 0.5) is 21.9 Å². The molecule has 6 nitrogen and oxygen atoms in total. The van der Waals surface area contributed by atoms with Crippen molar-refractivity contribution < 1.29 is 9.72 Å². The van der Waals surface area contributed by atoms with Gasteiger partial charge in [0.25, 0.3) is 5.69 Å². The fourth-order valence-corrected chi connectivity index (χ4v) is 1.89. The topological polar surface area (TPSA) is 84.3 Å². The molecule has 2 amide bonds. The Morgan fingerprint density at radius 1 is 1.10 bits per heavy atom. The predicted octanol–water partition coefficient (Wildman–Crippen LogP) is 4.20. The van der Waals surface area contributed by atoms with E-state index in [1.54, 1.807) is 37.3 Å². The Labute approximate surface area is 125 Å². The summed E-state index contributed by atoms with van der Waals surface area (Å²) in [5, 5.41) is 16.5. The van der Waals surface area contributed by atoms with Crippen molar-refractivity contribution in [2.24, 2.45) is 0 Å². The van der Waals surface area contributed by atoms with Gasteiger partial charge < -0.3 is 10.6 Å². The van der Waals surface area contributed by atoms with Gasteiger partial charge in [-0.3, -0.25) is 10.1 Å². The third-order valence-corrected chi connectivity index (χ3v) is 3.01. The highest BCUT2D eigenvalue weighted by atomic mass is 35.5. The summed E-state index contributed by atoms with van der Waals surface area (Å²) >= 11 is 5.75. The molecule has 0 saturated heterocycles. The van der Waals surface area contributed by atoms with Gasteiger partial charge in [0.15, 0.2) is 0 Å². The molecule has 0 atom stereocenters. The summed E-state index contributed by atoms with van der Waals surface area (Å²) in [5.41, 5.74) is 1.56. The lowest BCUT2D eigenvalue weighted by molar-refractivity contribution is -0.385. The monoisotopic (exact) mass is 305 g/mol. The minimum atomic E-state index is -0.465. The lowest BCUT2D eigenvalue weighted by Gasteiger charge is -2.08. The van der Waals surface area contributed by atoms with Gasteiger partial charge in [0.05, 0.1) is 4.92 Å². The molecular formula is C14H12ClN3O3. The number of carbonyl (C=O) groups is 1. The van der Waals surface area contributed by atoms with Crippen LogP contribution in [0, 0.1) is 17.0 Å². The van der Waals surface area contributed by atoms with E-state index < -0.39 is 11.0 Å². The third kappa shape index (κ3) is 3.93. The highest BCUT2D eigenvalue weighted by Crippen LogP contribution is 2.21. The summed E-state index contributed by atoms with van der Waals surface area (Å²) in [7, 11) is 0. The molecule has 7 heteroatoms. The number of aryl methyl sites for hydroxylation is 1. The van der Waals surface area contributed by atoms with Crippen molar-refractivity contribution in [3.63, 3.8) is 0 Å². The van der Waals surface area contributed by atoms with Crippen LogP contribution in [0.15, 0.2) is 42.5 Å². The third-order valence-electron chi connectivity index (χ3n) is 2.75. The van der Waals surface area contributed by atoms with Crippen LogP contribution in [-0.4, -0.2) is 11.0 Å². The molecule has 2 aromatic rings. The van der Waals surface area contributed by atoms with E-state index in [4.69, 9.17) is 11.6 Å². The number of amides is 2. The number of carbonyl (C=O) groups excluding carboxylic acids is 1. The van der Waals surface area contributed by atoms with Gasteiger partial charge in [0.2, 0.25) is 0 Å². The van der Waals surface area contributed by atoms with Gasteiger partial charge in [0, 0.05) is 28.0 Å². The molecule has 2 aromatic carbocycles. The zero-order valence-corrected chi connectivity index (χ0v) is 11.8. The molecule has 0 spiro atoms. The minimum absolute atomic E-state index is 0.0126. The van der Waals surface area contributed by atoms with E-state index in [-0.39, 0.29) is 5.69 Å². The Morgan fingerprint density at radius 3 is 2.24 bits per heavy atom. The molecule has 0 aliphatic carbocycles. The van der Waals surface area contributed by atoms with Crippen molar-refractivity contribution in [1.82, 2.24) is 0 Å². The maximum atomic E-state index is 11.8. The van der Waals surface area contributed by atoms with E-state index in [9.17, 15) is 14.9 Å². The van der Waals surface area contributed by atoms with E-state index in [1.807, 2.05) is 0 Å². The maximum absolute atomic E-state index is 11.8. The molecule has 2 N–H and O–H groups in total. The molecule has 21 heavy (non-hydrogen) atoms. The van der Waals surface area contributed by atoms with E-state index in [1.165, 1.54) is 12.1 Å². The van der Waals surface area contributed by atoms with Gasteiger partial charge in [-0.2, -0.15) is 0 Å². The number of halogens is 1. The Bertz CT molecular complexity index is 686. The van der Waals surface area contributed by atoms with Crippen LogP contribution in [0.25, 0.3) is 0 Å². The standard InChI is InChI=1S/C14H12ClN3O3/c1-9-8-12(6-7-13(9)18(20)21)17-14(19)16-11-4-2-10(15)3-5-11/h2-8H,1H3,(H2,16,17,19).